The van der Waals surface area contributed by atoms with Crippen molar-refractivity contribution in [2.75, 3.05) is 0 Å². The van der Waals surface area contributed by atoms with E-state index in [1.807, 2.05) is 0 Å². The molecule has 0 radical (unpaired) electrons. The zero-order valence-corrected chi connectivity index (χ0v) is 12.1. The number of rotatable bonds is 2. The van der Waals surface area contributed by atoms with E-state index in [1.165, 1.54) is 0 Å². The topological polar surface area (TPSA) is 222 Å². The summed E-state index contributed by atoms with van der Waals surface area (Å²) in [4.78, 5) is 62.9. The van der Waals surface area contributed by atoms with Crippen LogP contribution in [0.5, 0.6) is 0 Å². The van der Waals surface area contributed by atoms with E-state index in [2.05, 4.69) is 4.31 Å². The van der Waals surface area contributed by atoms with Crippen LogP contribution in [0.4, 0.5) is 0 Å². The first-order chi connectivity index (χ1) is 5.71. The van der Waals surface area contributed by atoms with Gasteiger partial charge >= 0.3 is 40.1 Å². The summed E-state index contributed by atoms with van der Waals surface area (Å²) in [5.74, 6) is 0. The van der Waals surface area contributed by atoms with Crippen molar-refractivity contribution in [2.45, 2.75) is 0 Å². The van der Waals surface area contributed by atoms with Crippen molar-refractivity contribution in [3.63, 3.8) is 0 Å². The summed E-state index contributed by atoms with van der Waals surface area (Å²) in [6.45, 7) is 0. The SMILES string of the molecule is O=P([O-])([O-])OP(=O)([O-])[O-].O=P([O-])([O-])[O-].[Fe+2].[Mg+2]. The Balaban J connectivity index is -0.0000000904. The van der Waals surface area contributed by atoms with E-state index in [4.69, 9.17) is 19.2 Å². The Morgan fingerprint density at radius 1 is 0.688 bits per heavy atom. The van der Waals surface area contributed by atoms with E-state index < -0.39 is 23.5 Å². The predicted molar refractivity (Wildman–Crippen MR) is 29.7 cm³/mol. The zero-order valence-electron chi connectivity index (χ0n) is 6.89. The monoisotopic (exact) mass is 349 g/mol. The molecule has 0 spiro atoms. The summed E-state index contributed by atoms with van der Waals surface area (Å²) in [6.07, 6.45) is 0. The van der Waals surface area contributed by atoms with Crippen LogP contribution >= 0.6 is 23.5 Å². The van der Waals surface area contributed by atoms with Crippen LogP contribution in [0.25, 0.3) is 0 Å². The van der Waals surface area contributed by atoms with Crippen molar-refractivity contribution in [1.29, 1.82) is 0 Å². The Bertz CT molecular complexity index is 264. The van der Waals surface area contributed by atoms with Crippen molar-refractivity contribution in [3.05, 3.63) is 0 Å². The van der Waals surface area contributed by atoms with Crippen molar-refractivity contribution >= 4 is 46.5 Å². The fraction of sp³-hybridized carbons (Fsp3) is 0. The first-order valence-corrected chi connectivity index (χ1v) is 6.57. The molecule has 0 unspecified atom stereocenters. The normalized spacial score (nSPS) is 11.4. The zero-order chi connectivity index (χ0) is 12.2. The quantitative estimate of drug-likeness (QED) is 0.336. The van der Waals surface area contributed by atoms with Gasteiger partial charge in [0.05, 0.1) is 15.6 Å². The van der Waals surface area contributed by atoms with Gasteiger partial charge in [-0.25, -0.2) is 0 Å². The second-order valence-corrected chi connectivity index (χ2v) is 4.76. The third-order valence-corrected chi connectivity index (χ3v) is 1.80. The Morgan fingerprint density at radius 2 is 0.812 bits per heavy atom. The summed E-state index contributed by atoms with van der Waals surface area (Å²) in [6, 6.07) is 0. The molecule has 0 aliphatic heterocycles. The fourth-order valence-corrected chi connectivity index (χ4v) is 1.10. The van der Waals surface area contributed by atoms with E-state index in [-0.39, 0.29) is 40.1 Å². The van der Waals surface area contributed by atoms with Crippen molar-refractivity contribution in [3.8, 4) is 0 Å². The molecular formula is FeMgO11P3-3. The van der Waals surface area contributed by atoms with Crippen LogP contribution in [0.2, 0.25) is 0 Å². The third kappa shape index (κ3) is 57.4. The smallest absolute Gasteiger partial charge is 0.822 e. The number of phosphoric acid groups is 3. The van der Waals surface area contributed by atoms with Crippen LogP contribution in [-0.4, -0.2) is 23.1 Å². The molecule has 0 atom stereocenters. The third-order valence-electron chi connectivity index (χ3n) is 0.200. The van der Waals surface area contributed by atoms with Crippen molar-refractivity contribution < 1.29 is 69.3 Å². The van der Waals surface area contributed by atoms with Gasteiger partial charge < -0.3 is 52.3 Å². The molecule has 0 aromatic carbocycles. The predicted octanol–water partition coefficient (Wildman–Crippen LogP) is -6.55. The number of hydrogen-bond acceptors (Lipinski definition) is 11. The van der Waals surface area contributed by atoms with Gasteiger partial charge in [-0.2, -0.15) is 7.82 Å². The molecule has 16 heavy (non-hydrogen) atoms. The van der Waals surface area contributed by atoms with Gasteiger partial charge in [-0.1, -0.05) is 0 Å². The second-order valence-electron chi connectivity index (χ2n) is 1.42. The molecular weight excluding hydrogens is 349 g/mol. The van der Waals surface area contributed by atoms with E-state index >= 15 is 0 Å². The Morgan fingerprint density at radius 3 is 0.812 bits per heavy atom. The van der Waals surface area contributed by atoms with E-state index in [1.54, 1.807) is 0 Å². The molecule has 0 N–H and O–H groups in total. The summed E-state index contributed by atoms with van der Waals surface area (Å²) >= 11 is 0. The van der Waals surface area contributed by atoms with Gasteiger partial charge in [0.15, 0.2) is 0 Å². The van der Waals surface area contributed by atoms with E-state index in [0.717, 1.165) is 0 Å². The van der Waals surface area contributed by atoms with Gasteiger partial charge in [0.25, 0.3) is 0 Å². The maximum Gasteiger partial charge on any atom is 2.00 e. The largest absolute Gasteiger partial charge is 2.00 e. The summed E-state index contributed by atoms with van der Waals surface area (Å²) in [7, 11) is -16.7. The molecule has 0 saturated heterocycles. The van der Waals surface area contributed by atoms with Gasteiger partial charge in [-0.3, -0.25) is 0 Å². The van der Waals surface area contributed by atoms with Crippen LogP contribution in [0.3, 0.4) is 0 Å². The molecule has 0 rings (SSSR count). The summed E-state index contributed by atoms with van der Waals surface area (Å²) in [5.41, 5.74) is 0. The molecule has 0 aromatic rings. The molecule has 0 saturated carbocycles. The summed E-state index contributed by atoms with van der Waals surface area (Å²) < 4.78 is 29.7. The number of hydrogen-bond donors (Lipinski definition) is 0. The van der Waals surface area contributed by atoms with Crippen LogP contribution < -0.4 is 34.3 Å². The molecule has 16 heteroatoms. The molecule has 0 aliphatic carbocycles. The van der Waals surface area contributed by atoms with E-state index in [9.17, 15) is 28.7 Å². The fourth-order valence-electron chi connectivity index (χ4n) is 0.122. The van der Waals surface area contributed by atoms with Gasteiger partial charge in [0.1, 0.15) is 0 Å². The van der Waals surface area contributed by atoms with Gasteiger partial charge in [0, 0.05) is 0 Å². The first kappa shape index (κ1) is 26.3. The van der Waals surface area contributed by atoms with Crippen LogP contribution in [-0.2, 0) is 35.1 Å². The van der Waals surface area contributed by atoms with Gasteiger partial charge in [-0.15, -0.1) is 0 Å². The van der Waals surface area contributed by atoms with Gasteiger partial charge in [0.2, 0.25) is 0 Å². The molecule has 11 nitrogen and oxygen atoms in total. The Labute approximate surface area is 116 Å². The molecule has 94 valence electrons. The summed E-state index contributed by atoms with van der Waals surface area (Å²) in [5, 5.41) is 0. The average Bonchev–Trinajstić information content (AvgIpc) is 1.42. The minimum Gasteiger partial charge on any atom is -0.822 e. The van der Waals surface area contributed by atoms with Crippen molar-refractivity contribution in [2.24, 2.45) is 0 Å². The molecule has 0 amide bonds. The molecule has 0 fully saturated rings. The molecule has 0 aliphatic rings. The molecule has 0 heterocycles. The Kier molecular flexibility index (Phi) is 15.7. The molecule has 0 aromatic heterocycles. The second kappa shape index (κ2) is 9.57. The van der Waals surface area contributed by atoms with Crippen LogP contribution in [0.1, 0.15) is 0 Å². The maximum absolute atomic E-state index is 9.32. The van der Waals surface area contributed by atoms with Crippen LogP contribution in [0.15, 0.2) is 0 Å². The van der Waals surface area contributed by atoms with Crippen LogP contribution in [0, 0.1) is 0 Å². The minimum absolute atomic E-state index is 0. The first-order valence-electron chi connectivity index (χ1n) is 2.19. The van der Waals surface area contributed by atoms with Crippen molar-refractivity contribution in [1.82, 2.24) is 0 Å². The standard InChI is InChI=1S/Fe.Mg.H4O7P2.H3O4P/c;;1-8(2,3)7-9(4,5)6;1-5(2,3)4/h;;(H2,1,2,3)(H2,4,5,6);(H3,1,2,3,4)/q2*+2;;/p-7. The van der Waals surface area contributed by atoms with E-state index in [0.29, 0.717) is 0 Å². The average molecular weight is 349 g/mol. The maximum atomic E-state index is 9.32. The van der Waals surface area contributed by atoms with Gasteiger partial charge in [-0.05, 0) is 0 Å². The Hall–Kier alpha value is 1.66. The molecule has 0 bridgehead atoms. The minimum atomic E-state index is -5.68.